The van der Waals surface area contributed by atoms with E-state index in [1.165, 1.54) is 0 Å². The van der Waals surface area contributed by atoms with Crippen LogP contribution in [0.2, 0.25) is 0 Å². The van der Waals surface area contributed by atoms with E-state index in [9.17, 15) is 4.79 Å². The van der Waals surface area contributed by atoms with Crippen LogP contribution in [0.15, 0.2) is 47.2 Å². The normalized spacial score (nSPS) is 14.7. The van der Waals surface area contributed by atoms with Crippen molar-refractivity contribution < 1.29 is 9.53 Å². The molecule has 0 unspecified atom stereocenters. The van der Waals surface area contributed by atoms with Gasteiger partial charge in [-0.2, -0.15) is 0 Å². The van der Waals surface area contributed by atoms with Gasteiger partial charge in [0.2, 0.25) is 5.88 Å². The SMILES string of the molecule is Cc1nc2ccccn2c1C(=O)N1CC(Oc2ncccc2Br)C1. The number of aryl methyl sites for hydroxylation is 1. The van der Waals surface area contributed by atoms with Crippen LogP contribution in [0.4, 0.5) is 0 Å². The molecule has 4 heterocycles. The fourth-order valence-electron chi connectivity index (χ4n) is 2.82. The number of likely N-dealkylation sites (tertiary alicyclic amines) is 1. The molecule has 24 heavy (non-hydrogen) atoms. The number of nitrogens with zero attached hydrogens (tertiary/aromatic N) is 4. The first kappa shape index (κ1) is 15.1. The van der Waals surface area contributed by atoms with Gasteiger partial charge in [0.25, 0.3) is 5.91 Å². The molecule has 1 fully saturated rings. The van der Waals surface area contributed by atoms with Crippen molar-refractivity contribution in [2.75, 3.05) is 13.1 Å². The number of hydrogen-bond acceptors (Lipinski definition) is 4. The lowest BCUT2D eigenvalue weighted by molar-refractivity contribution is 0.0151. The van der Waals surface area contributed by atoms with Crippen LogP contribution in [0.1, 0.15) is 16.2 Å². The Morgan fingerprint density at radius 1 is 1.29 bits per heavy atom. The highest BCUT2D eigenvalue weighted by atomic mass is 79.9. The van der Waals surface area contributed by atoms with E-state index in [-0.39, 0.29) is 12.0 Å². The molecule has 0 aliphatic carbocycles. The summed E-state index contributed by atoms with van der Waals surface area (Å²) in [6.45, 7) is 2.95. The van der Waals surface area contributed by atoms with Crippen molar-refractivity contribution in [1.29, 1.82) is 0 Å². The number of ether oxygens (including phenoxy) is 1. The molecule has 1 saturated heterocycles. The average Bonchev–Trinajstić information content (AvgIpc) is 2.87. The molecule has 122 valence electrons. The average molecular weight is 387 g/mol. The zero-order valence-electron chi connectivity index (χ0n) is 13.0. The lowest BCUT2D eigenvalue weighted by Gasteiger charge is -2.38. The van der Waals surface area contributed by atoms with Gasteiger partial charge in [-0.3, -0.25) is 9.20 Å². The third-order valence-corrected chi connectivity index (χ3v) is 4.65. The van der Waals surface area contributed by atoms with Crippen LogP contribution in [0.25, 0.3) is 5.65 Å². The number of aromatic nitrogens is 3. The number of rotatable bonds is 3. The van der Waals surface area contributed by atoms with Gasteiger partial charge in [0, 0.05) is 12.4 Å². The molecule has 3 aromatic rings. The number of pyridine rings is 2. The van der Waals surface area contributed by atoms with Crippen molar-refractivity contribution in [3.63, 3.8) is 0 Å². The molecule has 1 amide bonds. The Morgan fingerprint density at radius 3 is 2.92 bits per heavy atom. The molecule has 3 aromatic heterocycles. The molecule has 1 aliphatic heterocycles. The van der Waals surface area contributed by atoms with Crippen LogP contribution < -0.4 is 4.74 Å². The second-order valence-electron chi connectivity index (χ2n) is 5.72. The van der Waals surface area contributed by atoms with Crippen molar-refractivity contribution in [2.45, 2.75) is 13.0 Å². The van der Waals surface area contributed by atoms with Crippen molar-refractivity contribution in [3.8, 4) is 5.88 Å². The number of imidazole rings is 1. The summed E-state index contributed by atoms with van der Waals surface area (Å²) in [5.74, 6) is 0.534. The van der Waals surface area contributed by atoms with Gasteiger partial charge in [-0.05, 0) is 47.1 Å². The van der Waals surface area contributed by atoms with Crippen molar-refractivity contribution >= 4 is 27.5 Å². The molecule has 0 spiro atoms. The van der Waals surface area contributed by atoms with Crippen LogP contribution in [-0.2, 0) is 0 Å². The van der Waals surface area contributed by atoms with Crippen LogP contribution in [0.3, 0.4) is 0 Å². The van der Waals surface area contributed by atoms with Crippen molar-refractivity contribution in [2.24, 2.45) is 0 Å². The van der Waals surface area contributed by atoms with Crippen LogP contribution in [0, 0.1) is 6.92 Å². The summed E-state index contributed by atoms with van der Waals surface area (Å²) in [6.07, 6.45) is 3.50. The Balaban J connectivity index is 1.48. The van der Waals surface area contributed by atoms with Crippen LogP contribution >= 0.6 is 15.9 Å². The number of carbonyl (C=O) groups excluding carboxylic acids is 1. The van der Waals surface area contributed by atoms with Gasteiger partial charge >= 0.3 is 0 Å². The Kier molecular flexibility index (Phi) is 3.72. The minimum absolute atomic E-state index is 0.0221. The van der Waals surface area contributed by atoms with E-state index in [2.05, 4.69) is 25.9 Å². The maximum atomic E-state index is 12.8. The molecule has 0 radical (unpaired) electrons. The summed E-state index contributed by atoms with van der Waals surface area (Å²) in [4.78, 5) is 23.2. The van der Waals surface area contributed by atoms with Gasteiger partial charge in [-0.15, -0.1) is 0 Å². The molecule has 0 saturated carbocycles. The molecule has 0 bridgehead atoms. The minimum Gasteiger partial charge on any atom is -0.470 e. The molecular formula is C17H15BrN4O2. The summed E-state index contributed by atoms with van der Waals surface area (Å²) < 4.78 is 8.47. The fraction of sp³-hybridized carbons (Fsp3) is 0.235. The largest absolute Gasteiger partial charge is 0.470 e. The number of amides is 1. The Labute approximate surface area is 147 Å². The lowest BCUT2D eigenvalue weighted by Crippen LogP contribution is -2.56. The van der Waals surface area contributed by atoms with Crippen molar-refractivity contribution in [1.82, 2.24) is 19.3 Å². The van der Waals surface area contributed by atoms with Gasteiger partial charge in [0.05, 0.1) is 23.3 Å². The zero-order valence-corrected chi connectivity index (χ0v) is 14.6. The molecule has 1 aliphatic rings. The van der Waals surface area contributed by atoms with Crippen LogP contribution in [-0.4, -0.2) is 44.4 Å². The molecule has 7 heteroatoms. The van der Waals surface area contributed by atoms with E-state index in [4.69, 9.17) is 4.74 Å². The number of halogens is 1. The predicted molar refractivity (Wildman–Crippen MR) is 92.2 cm³/mol. The minimum atomic E-state index is -0.0420. The first-order valence-electron chi connectivity index (χ1n) is 7.63. The van der Waals surface area contributed by atoms with E-state index in [1.54, 1.807) is 11.1 Å². The summed E-state index contributed by atoms with van der Waals surface area (Å²) >= 11 is 3.41. The van der Waals surface area contributed by atoms with E-state index < -0.39 is 0 Å². The summed E-state index contributed by atoms with van der Waals surface area (Å²) in [6, 6.07) is 9.41. The summed E-state index contributed by atoms with van der Waals surface area (Å²) in [5.41, 5.74) is 2.13. The standard InChI is InChI=1S/C17H15BrN4O2/c1-11-15(22-8-3-2-6-14(22)20-11)17(23)21-9-12(10-21)24-16-13(18)5-4-7-19-16/h2-8,12H,9-10H2,1H3. The first-order chi connectivity index (χ1) is 11.6. The summed E-state index contributed by atoms with van der Waals surface area (Å²) in [5, 5.41) is 0. The highest BCUT2D eigenvalue weighted by Gasteiger charge is 2.35. The summed E-state index contributed by atoms with van der Waals surface area (Å²) in [7, 11) is 0. The van der Waals surface area contributed by atoms with Gasteiger partial charge < -0.3 is 9.64 Å². The fourth-order valence-corrected chi connectivity index (χ4v) is 3.16. The van der Waals surface area contributed by atoms with Crippen molar-refractivity contribution in [3.05, 3.63) is 58.6 Å². The number of carbonyl (C=O) groups is 1. The lowest BCUT2D eigenvalue weighted by atomic mass is 10.1. The smallest absolute Gasteiger partial charge is 0.273 e. The molecule has 0 aromatic carbocycles. The quantitative estimate of drug-likeness (QED) is 0.694. The highest BCUT2D eigenvalue weighted by molar-refractivity contribution is 9.10. The monoisotopic (exact) mass is 386 g/mol. The van der Waals surface area contributed by atoms with Gasteiger partial charge in [0.15, 0.2) is 0 Å². The second-order valence-corrected chi connectivity index (χ2v) is 6.57. The van der Waals surface area contributed by atoms with Crippen LogP contribution in [0.5, 0.6) is 5.88 Å². The third kappa shape index (κ3) is 2.54. The van der Waals surface area contributed by atoms with Gasteiger partial charge in [0.1, 0.15) is 17.4 Å². The highest BCUT2D eigenvalue weighted by Crippen LogP contribution is 2.25. The maximum Gasteiger partial charge on any atom is 0.273 e. The van der Waals surface area contributed by atoms with E-state index in [0.717, 1.165) is 15.8 Å². The van der Waals surface area contributed by atoms with E-state index >= 15 is 0 Å². The van der Waals surface area contributed by atoms with E-state index in [0.29, 0.717) is 24.7 Å². The Hall–Kier alpha value is -2.41. The molecular weight excluding hydrogens is 372 g/mol. The van der Waals surface area contributed by atoms with Gasteiger partial charge in [-0.1, -0.05) is 6.07 Å². The molecule has 4 rings (SSSR count). The number of fused-ring (bicyclic) bond motifs is 1. The molecule has 0 N–H and O–H groups in total. The second kappa shape index (κ2) is 5.90. The number of hydrogen-bond donors (Lipinski definition) is 0. The maximum absolute atomic E-state index is 12.8. The Bertz CT molecular complexity index is 918. The first-order valence-corrected chi connectivity index (χ1v) is 8.43. The predicted octanol–water partition coefficient (Wildman–Crippen LogP) is 2.70. The topological polar surface area (TPSA) is 59.7 Å². The molecule has 6 nitrogen and oxygen atoms in total. The molecule has 0 atom stereocenters. The Morgan fingerprint density at radius 2 is 2.12 bits per heavy atom. The van der Waals surface area contributed by atoms with E-state index in [1.807, 2.05) is 47.9 Å². The third-order valence-electron chi connectivity index (χ3n) is 4.05. The van der Waals surface area contributed by atoms with Gasteiger partial charge in [-0.25, -0.2) is 9.97 Å². The zero-order chi connectivity index (χ0) is 16.7.